The highest BCUT2D eigenvalue weighted by Gasteiger charge is 2.28. The van der Waals surface area contributed by atoms with E-state index < -0.39 is 12.1 Å². The van der Waals surface area contributed by atoms with Crippen molar-refractivity contribution in [2.75, 3.05) is 18.1 Å². The summed E-state index contributed by atoms with van der Waals surface area (Å²) in [6.07, 6.45) is 1.14. The van der Waals surface area contributed by atoms with E-state index in [4.69, 9.17) is 9.47 Å². The van der Waals surface area contributed by atoms with Crippen LogP contribution in [0.25, 0.3) is 0 Å². The van der Waals surface area contributed by atoms with Crippen LogP contribution in [0.2, 0.25) is 0 Å². The number of hydrogen-bond donors (Lipinski definition) is 1. The molecule has 1 fully saturated rings. The van der Waals surface area contributed by atoms with E-state index >= 15 is 0 Å². The molecule has 0 unspecified atom stereocenters. The molecule has 0 bridgehead atoms. The Morgan fingerprint density at radius 3 is 2.88 bits per heavy atom. The number of esters is 1. The fraction of sp³-hybridized carbons (Fsp3) is 0.471. The van der Waals surface area contributed by atoms with Crippen molar-refractivity contribution in [1.29, 1.82) is 0 Å². The maximum atomic E-state index is 12.0. The van der Waals surface area contributed by atoms with Gasteiger partial charge in [-0.25, -0.2) is 0 Å². The first-order valence-corrected chi connectivity index (χ1v) is 8.06. The third-order valence-electron chi connectivity index (χ3n) is 3.95. The van der Waals surface area contributed by atoms with Crippen LogP contribution in [0.3, 0.4) is 0 Å². The van der Waals surface area contributed by atoms with Crippen LogP contribution in [0.1, 0.15) is 26.2 Å². The van der Waals surface area contributed by atoms with Gasteiger partial charge in [0.15, 0.2) is 12.7 Å². The Morgan fingerprint density at radius 1 is 1.38 bits per heavy atom. The van der Waals surface area contributed by atoms with Crippen LogP contribution in [0.15, 0.2) is 24.3 Å². The highest BCUT2D eigenvalue weighted by atomic mass is 16.5. The second kappa shape index (κ2) is 6.90. The van der Waals surface area contributed by atoms with Crippen LogP contribution in [0.5, 0.6) is 5.75 Å². The lowest BCUT2D eigenvalue weighted by Gasteiger charge is -2.29. The van der Waals surface area contributed by atoms with Crippen LogP contribution in [0.4, 0.5) is 5.69 Å². The molecule has 1 aliphatic carbocycles. The molecule has 0 radical (unpaired) electrons. The lowest BCUT2D eigenvalue weighted by molar-refractivity contribution is -0.154. The smallest absolute Gasteiger partial charge is 0.308 e. The van der Waals surface area contributed by atoms with Gasteiger partial charge in [0.1, 0.15) is 5.75 Å². The molecular formula is C17H20N2O5. The summed E-state index contributed by atoms with van der Waals surface area (Å²) in [6.45, 7) is 1.69. The first kappa shape index (κ1) is 16.3. The Labute approximate surface area is 139 Å². The summed E-state index contributed by atoms with van der Waals surface area (Å²) in [6, 6.07) is 7.39. The summed E-state index contributed by atoms with van der Waals surface area (Å²) in [4.78, 5) is 37.3. The number of fused-ring (bicyclic) bond motifs is 1. The minimum Gasteiger partial charge on any atom is -0.482 e. The minimum atomic E-state index is -0.828. The number of nitrogens with one attached hydrogen (secondary N) is 1. The van der Waals surface area contributed by atoms with Crippen molar-refractivity contribution in [3.8, 4) is 5.75 Å². The Bertz CT molecular complexity index is 656. The van der Waals surface area contributed by atoms with Gasteiger partial charge in [0.05, 0.1) is 12.1 Å². The number of hydrogen-bond acceptors (Lipinski definition) is 5. The third-order valence-corrected chi connectivity index (χ3v) is 3.95. The number of anilines is 1. The van der Waals surface area contributed by atoms with Gasteiger partial charge in [0.25, 0.3) is 11.8 Å². The molecule has 1 saturated carbocycles. The van der Waals surface area contributed by atoms with E-state index in [1.807, 2.05) is 6.07 Å². The number of rotatable bonds is 6. The fourth-order valence-corrected chi connectivity index (χ4v) is 2.46. The normalized spacial score (nSPS) is 17.5. The van der Waals surface area contributed by atoms with Gasteiger partial charge in [0, 0.05) is 12.6 Å². The predicted octanol–water partition coefficient (Wildman–Crippen LogP) is 1.01. The molecule has 7 nitrogen and oxygen atoms in total. The summed E-state index contributed by atoms with van der Waals surface area (Å²) >= 11 is 0. The number of benzene rings is 1. The van der Waals surface area contributed by atoms with Crippen molar-refractivity contribution in [2.24, 2.45) is 0 Å². The number of ether oxygens (including phenoxy) is 2. The van der Waals surface area contributed by atoms with Gasteiger partial charge in [-0.3, -0.25) is 14.4 Å². The number of carbonyl (C=O) groups is 3. The molecular weight excluding hydrogens is 312 g/mol. The zero-order valence-electron chi connectivity index (χ0n) is 13.5. The van der Waals surface area contributed by atoms with Crippen molar-refractivity contribution >= 4 is 23.5 Å². The molecule has 2 amide bonds. The zero-order chi connectivity index (χ0) is 17.1. The molecule has 1 aliphatic heterocycles. The average Bonchev–Trinajstić information content (AvgIpc) is 3.37. The van der Waals surface area contributed by atoms with Crippen LogP contribution >= 0.6 is 0 Å². The van der Waals surface area contributed by atoms with E-state index in [2.05, 4.69) is 5.32 Å². The molecule has 0 spiro atoms. The molecule has 0 saturated heterocycles. The lowest BCUT2D eigenvalue weighted by Crippen LogP contribution is -2.41. The van der Waals surface area contributed by atoms with Gasteiger partial charge in [0.2, 0.25) is 0 Å². The fourth-order valence-electron chi connectivity index (χ4n) is 2.46. The van der Waals surface area contributed by atoms with E-state index in [0.717, 1.165) is 12.8 Å². The van der Waals surface area contributed by atoms with Crippen molar-refractivity contribution in [3.63, 3.8) is 0 Å². The van der Waals surface area contributed by atoms with Gasteiger partial charge in [-0.15, -0.1) is 0 Å². The van der Waals surface area contributed by atoms with E-state index in [1.54, 1.807) is 25.1 Å². The molecule has 0 aromatic heterocycles. The van der Waals surface area contributed by atoms with Crippen LogP contribution in [0, 0.1) is 0 Å². The molecule has 3 rings (SSSR count). The second-order valence-electron chi connectivity index (χ2n) is 5.97. The van der Waals surface area contributed by atoms with E-state index in [1.165, 1.54) is 4.90 Å². The number of nitrogens with zero attached hydrogens (tertiary/aromatic N) is 1. The SMILES string of the molecule is C[C@@H](OC(=O)CCN1C(=O)COc2ccccc21)C(=O)NC1CC1. The highest BCUT2D eigenvalue weighted by molar-refractivity contribution is 5.98. The summed E-state index contributed by atoms with van der Waals surface area (Å²) in [5, 5.41) is 2.79. The standard InChI is InChI=1S/C17H20N2O5/c1-11(17(22)18-12-6-7-12)24-16(21)8-9-19-13-4-2-3-5-14(13)23-10-15(19)20/h2-5,11-12H,6-10H2,1H3,(H,18,22)/t11-/m1/s1. The number of carbonyl (C=O) groups excluding carboxylic acids is 3. The first-order chi connectivity index (χ1) is 11.5. The van der Waals surface area contributed by atoms with Crippen LogP contribution < -0.4 is 15.0 Å². The third kappa shape index (κ3) is 3.84. The molecule has 1 N–H and O–H groups in total. The van der Waals surface area contributed by atoms with Gasteiger partial charge in [-0.2, -0.15) is 0 Å². The van der Waals surface area contributed by atoms with Gasteiger partial charge in [-0.05, 0) is 31.9 Å². The second-order valence-corrected chi connectivity index (χ2v) is 5.97. The van der Waals surface area contributed by atoms with Crippen molar-refractivity contribution in [1.82, 2.24) is 5.32 Å². The molecule has 7 heteroatoms. The topological polar surface area (TPSA) is 84.9 Å². The molecule has 1 aromatic rings. The maximum absolute atomic E-state index is 12.0. The summed E-state index contributed by atoms with van der Waals surface area (Å²) in [7, 11) is 0. The largest absolute Gasteiger partial charge is 0.482 e. The summed E-state index contributed by atoms with van der Waals surface area (Å²) in [5.41, 5.74) is 0.640. The van der Waals surface area contributed by atoms with E-state index in [0.29, 0.717) is 11.4 Å². The monoisotopic (exact) mass is 332 g/mol. The first-order valence-electron chi connectivity index (χ1n) is 8.06. The lowest BCUT2D eigenvalue weighted by atomic mass is 10.2. The Kier molecular flexibility index (Phi) is 4.69. The Hall–Kier alpha value is -2.57. The Morgan fingerprint density at radius 2 is 2.12 bits per heavy atom. The van der Waals surface area contributed by atoms with Crippen molar-refractivity contribution in [2.45, 2.75) is 38.3 Å². The molecule has 1 aromatic carbocycles. The molecule has 128 valence electrons. The maximum Gasteiger partial charge on any atom is 0.308 e. The molecule has 2 aliphatic rings. The number of para-hydroxylation sites is 2. The Balaban J connectivity index is 1.52. The van der Waals surface area contributed by atoms with E-state index in [-0.39, 0.29) is 37.4 Å². The summed E-state index contributed by atoms with van der Waals surface area (Å²) in [5.74, 6) is -0.382. The minimum absolute atomic E-state index is 0.0150. The highest BCUT2D eigenvalue weighted by Crippen LogP contribution is 2.31. The van der Waals surface area contributed by atoms with Gasteiger partial charge in [-0.1, -0.05) is 12.1 Å². The van der Waals surface area contributed by atoms with Crippen molar-refractivity contribution < 1.29 is 23.9 Å². The zero-order valence-corrected chi connectivity index (χ0v) is 13.5. The molecule has 1 heterocycles. The average molecular weight is 332 g/mol. The molecule has 1 atom stereocenters. The van der Waals surface area contributed by atoms with E-state index in [9.17, 15) is 14.4 Å². The van der Waals surface area contributed by atoms with Gasteiger partial charge < -0.3 is 19.7 Å². The van der Waals surface area contributed by atoms with Crippen LogP contribution in [-0.4, -0.2) is 43.1 Å². The van der Waals surface area contributed by atoms with Gasteiger partial charge >= 0.3 is 5.97 Å². The molecule has 24 heavy (non-hydrogen) atoms. The summed E-state index contributed by atoms with van der Waals surface area (Å²) < 4.78 is 10.5. The van der Waals surface area contributed by atoms with Crippen LogP contribution in [-0.2, 0) is 19.1 Å². The van der Waals surface area contributed by atoms with Crippen molar-refractivity contribution in [3.05, 3.63) is 24.3 Å². The number of amides is 2. The quantitative estimate of drug-likeness (QED) is 0.786. The predicted molar refractivity (Wildman–Crippen MR) is 85.6 cm³/mol.